The highest BCUT2D eigenvalue weighted by molar-refractivity contribution is 5.16. The molecule has 38 heavy (non-hydrogen) atoms. The van der Waals surface area contributed by atoms with Crippen LogP contribution < -0.4 is 0 Å². The Morgan fingerprint density at radius 2 is 0.816 bits per heavy atom. The Balaban J connectivity index is 1.35. The minimum Gasteiger partial charge on any atom is -0.368 e. The summed E-state index contributed by atoms with van der Waals surface area (Å²) in [6.07, 6.45) is -1.80. The van der Waals surface area contributed by atoms with E-state index in [4.69, 9.17) is 23.7 Å². The largest absolute Gasteiger partial charge is 0.368 e. The second-order valence-corrected chi connectivity index (χ2v) is 9.36. The number of hydrogen-bond donors (Lipinski definition) is 0. The van der Waals surface area contributed by atoms with Gasteiger partial charge in [-0.15, -0.1) is 0 Å². The van der Waals surface area contributed by atoms with E-state index in [0.717, 1.165) is 22.3 Å². The van der Waals surface area contributed by atoms with Gasteiger partial charge in [-0.2, -0.15) is 0 Å². The lowest BCUT2D eigenvalue weighted by atomic mass is 10.0. The Bertz CT molecular complexity index is 1090. The molecular formula is C33H34O5. The number of rotatable bonds is 12. The smallest absolute Gasteiger partial charge is 0.186 e. The summed E-state index contributed by atoms with van der Waals surface area (Å²) >= 11 is 0. The van der Waals surface area contributed by atoms with Crippen molar-refractivity contribution >= 4 is 0 Å². The first-order valence-corrected chi connectivity index (χ1v) is 13.1. The molecule has 0 radical (unpaired) electrons. The van der Waals surface area contributed by atoms with Gasteiger partial charge in [-0.05, 0) is 22.3 Å². The lowest BCUT2D eigenvalue weighted by Gasteiger charge is -2.42. The molecule has 0 amide bonds. The fraction of sp³-hybridized carbons (Fsp3) is 0.273. The van der Waals surface area contributed by atoms with Crippen LogP contribution in [0.15, 0.2) is 121 Å². The van der Waals surface area contributed by atoms with Crippen LogP contribution in [0.2, 0.25) is 0 Å². The third-order valence-corrected chi connectivity index (χ3v) is 6.52. The van der Waals surface area contributed by atoms with E-state index >= 15 is 0 Å². The van der Waals surface area contributed by atoms with Gasteiger partial charge in [0.2, 0.25) is 0 Å². The Hall–Kier alpha value is -3.32. The quantitative estimate of drug-likeness (QED) is 0.223. The van der Waals surface area contributed by atoms with E-state index in [1.165, 1.54) is 0 Å². The minimum atomic E-state index is -0.601. The molecule has 196 valence electrons. The molecule has 5 rings (SSSR count). The lowest BCUT2D eigenvalue weighted by molar-refractivity contribution is -0.302. The van der Waals surface area contributed by atoms with Crippen LogP contribution in [-0.2, 0) is 50.1 Å². The molecule has 0 unspecified atom stereocenters. The first-order valence-electron chi connectivity index (χ1n) is 13.1. The van der Waals surface area contributed by atoms with E-state index in [1.807, 2.05) is 97.1 Å². The van der Waals surface area contributed by atoms with Gasteiger partial charge in [0.15, 0.2) is 6.29 Å². The molecule has 1 heterocycles. The van der Waals surface area contributed by atoms with Crippen LogP contribution >= 0.6 is 0 Å². The van der Waals surface area contributed by atoms with Crippen LogP contribution in [0.5, 0.6) is 0 Å². The van der Waals surface area contributed by atoms with Crippen molar-refractivity contribution in [3.8, 4) is 0 Å². The van der Waals surface area contributed by atoms with Gasteiger partial charge >= 0.3 is 0 Å². The van der Waals surface area contributed by atoms with Crippen LogP contribution in [-0.4, -0.2) is 31.2 Å². The molecule has 0 bridgehead atoms. The molecule has 1 saturated heterocycles. The van der Waals surface area contributed by atoms with Crippen LogP contribution in [0.3, 0.4) is 0 Å². The molecule has 1 fully saturated rings. The zero-order valence-electron chi connectivity index (χ0n) is 21.4. The zero-order valence-corrected chi connectivity index (χ0v) is 21.4. The third kappa shape index (κ3) is 7.60. The molecule has 0 spiro atoms. The second-order valence-electron chi connectivity index (χ2n) is 9.36. The Morgan fingerprint density at radius 1 is 0.447 bits per heavy atom. The summed E-state index contributed by atoms with van der Waals surface area (Å²) in [5.41, 5.74) is 4.33. The molecule has 4 aromatic carbocycles. The lowest BCUT2D eigenvalue weighted by Crippen LogP contribution is -2.56. The van der Waals surface area contributed by atoms with E-state index in [1.54, 1.807) is 0 Å². The normalized spacial score (nSPS) is 21.3. The van der Waals surface area contributed by atoms with Crippen molar-refractivity contribution in [2.45, 2.75) is 51.0 Å². The first-order chi connectivity index (χ1) is 18.8. The molecule has 4 atom stereocenters. The standard InChI is InChI=1S/C33H34O5/c1-5-13-26(14-6-1)21-34-30-25-38-33(37-24-29-19-11-4-12-20-29)32(36-23-28-17-9-3-10-18-28)31(30)35-22-27-15-7-2-8-16-27/h1-20,30-33H,21-25H2/t30-,31-,32-,33+/m1/s1. The summed E-state index contributed by atoms with van der Waals surface area (Å²) in [6, 6.07) is 40.5. The SMILES string of the molecule is c1ccc(CO[C@H]2OC[C@@H](OCc3ccccc3)[C@@H](OCc3ccccc3)[C@H]2OCc2ccccc2)cc1. The van der Waals surface area contributed by atoms with Crippen molar-refractivity contribution < 1.29 is 23.7 Å². The fourth-order valence-corrected chi connectivity index (χ4v) is 4.47. The van der Waals surface area contributed by atoms with Crippen LogP contribution in [0, 0.1) is 0 Å². The van der Waals surface area contributed by atoms with Crippen molar-refractivity contribution in [3.05, 3.63) is 144 Å². The van der Waals surface area contributed by atoms with Crippen LogP contribution in [0.4, 0.5) is 0 Å². The summed E-state index contributed by atoms with van der Waals surface area (Å²) in [7, 11) is 0. The summed E-state index contributed by atoms with van der Waals surface area (Å²) in [5, 5.41) is 0. The molecule has 1 aliphatic rings. The second kappa shape index (κ2) is 14.0. The minimum absolute atomic E-state index is 0.323. The number of benzene rings is 4. The summed E-state index contributed by atoms with van der Waals surface area (Å²) < 4.78 is 31.9. The summed E-state index contributed by atoms with van der Waals surface area (Å²) in [5.74, 6) is 0. The van der Waals surface area contributed by atoms with Gasteiger partial charge in [0, 0.05) is 0 Å². The summed E-state index contributed by atoms with van der Waals surface area (Å²) in [4.78, 5) is 0. The van der Waals surface area contributed by atoms with E-state index in [-0.39, 0.29) is 6.10 Å². The molecule has 4 aromatic rings. The number of hydrogen-bond acceptors (Lipinski definition) is 5. The van der Waals surface area contributed by atoms with Crippen molar-refractivity contribution in [1.29, 1.82) is 0 Å². The third-order valence-electron chi connectivity index (χ3n) is 6.52. The Morgan fingerprint density at radius 3 is 1.26 bits per heavy atom. The topological polar surface area (TPSA) is 46.2 Å². The maximum absolute atomic E-state index is 6.54. The van der Waals surface area contributed by atoms with Crippen molar-refractivity contribution in [2.75, 3.05) is 6.61 Å². The molecule has 0 aromatic heterocycles. The summed E-state index contributed by atoms with van der Waals surface area (Å²) in [6.45, 7) is 2.07. The van der Waals surface area contributed by atoms with Gasteiger partial charge in [-0.1, -0.05) is 121 Å². The molecule has 0 saturated carbocycles. The van der Waals surface area contributed by atoms with Gasteiger partial charge in [0.25, 0.3) is 0 Å². The van der Waals surface area contributed by atoms with Crippen LogP contribution in [0.1, 0.15) is 22.3 Å². The monoisotopic (exact) mass is 510 g/mol. The predicted octanol–water partition coefficient (Wildman–Crippen LogP) is 6.32. The van der Waals surface area contributed by atoms with E-state index in [9.17, 15) is 0 Å². The molecule has 1 aliphatic heterocycles. The Labute approximate surface area is 224 Å². The van der Waals surface area contributed by atoms with Gasteiger partial charge < -0.3 is 23.7 Å². The van der Waals surface area contributed by atoms with Gasteiger partial charge in [0.05, 0.1) is 33.0 Å². The average molecular weight is 511 g/mol. The van der Waals surface area contributed by atoms with Gasteiger partial charge in [-0.3, -0.25) is 0 Å². The van der Waals surface area contributed by atoms with Crippen molar-refractivity contribution in [1.82, 2.24) is 0 Å². The molecule has 5 nitrogen and oxygen atoms in total. The zero-order chi connectivity index (χ0) is 25.8. The highest BCUT2D eigenvalue weighted by atomic mass is 16.7. The molecule has 0 N–H and O–H groups in total. The first kappa shape index (κ1) is 26.3. The maximum Gasteiger partial charge on any atom is 0.186 e. The molecule has 0 aliphatic carbocycles. The highest BCUT2D eigenvalue weighted by Crippen LogP contribution is 2.28. The number of ether oxygens (including phenoxy) is 5. The van der Waals surface area contributed by atoms with Crippen molar-refractivity contribution in [2.24, 2.45) is 0 Å². The highest BCUT2D eigenvalue weighted by Gasteiger charge is 2.43. The molecule has 5 heteroatoms. The maximum atomic E-state index is 6.54. The van der Waals surface area contributed by atoms with Crippen LogP contribution in [0.25, 0.3) is 0 Å². The predicted molar refractivity (Wildman–Crippen MR) is 146 cm³/mol. The van der Waals surface area contributed by atoms with E-state index in [0.29, 0.717) is 33.0 Å². The van der Waals surface area contributed by atoms with Gasteiger partial charge in [0.1, 0.15) is 18.3 Å². The molecular weight excluding hydrogens is 476 g/mol. The van der Waals surface area contributed by atoms with Crippen molar-refractivity contribution in [3.63, 3.8) is 0 Å². The van der Waals surface area contributed by atoms with E-state index < -0.39 is 18.5 Å². The Kier molecular flexibility index (Phi) is 9.69. The van der Waals surface area contributed by atoms with Gasteiger partial charge in [-0.25, -0.2) is 0 Å². The van der Waals surface area contributed by atoms with E-state index in [2.05, 4.69) is 24.3 Å². The fourth-order valence-electron chi connectivity index (χ4n) is 4.47. The average Bonchev–Trinajstić information content (AvgIpc) is 2.99.